The minimum absolute atomic E-state index is 0.278. The van der Waals surface area contributed by atoms with Gasteiger partial charge in [0.2, 0.25) is 0 Å². The van der Waals surface area contributed by atoms with E-state index < -0.39 is 5.97 Å². The van der Waals surface area contributed by atoms with Crippen molar-refractivity contribution in [3.05, 3.63) is 23.0 Å². The van der Waals surface area contributed by atoms with Crippen molar-refractivity contribution in [1.29, 1.82) is 0 Å². The largest absolute Gasteiger partial charge is 0.478 e. The lowest BCUT2D eigenvalue weighted by Gasteiger charge is -2.22. The van der Waals surface area contributed by atoms with Crippen molar-refractivity contribution in [2.24, 2.45) is 5.92 Å². The molecule has 0 spiro atoms. The van der Waals surface area contributed by atoms with Gasteiger partial charge in [-0.25, -0.2) is 4.79 Å². The van der Waals surface area contributed by atoms with Gasteiger partial charge in [-0.2, -0.15) is 0 Å². The Hall–Kier alpha value is -1.62. The molecule has 1 aromatic heterocycles. The van der Waals surface area contributed by atoms with Gasteiger partial charge in [0, 0.05) is 25.9 Å². The predicted molar refractivity (Wildman–Crippen MR) is 77.5 cm³/mol. The summed E-state index contributed by atoms with van der Waals surface area (Å²) in [5.41, 5.74) is 2.37. The number of aromatic carboxylic acids is 1. The van der Waals surface area contributed by atoms with Crippen molar-refractivity contribution in [3.8, 4) is 0 Å². The van der Waals surface area contributed by atoms with Crippen molar-refractivity contribution in [2.75, 3.05) is 31.7 Å². The molecule has 0 aromatic carbocycles. The van der Waals surface area contributed by atoms with Gasteiger partial charge in [0.1, 0.15) is 5.56 Å². The number of nitrogens with zero attached hydrogens (tertiary/aromatic N) is 2. The highest BCUT2D eigenvalue weighted by atomic mass is 16.5. The highest BCUT2D eigenvalue weighted by Crippen LogP contribution is 2.28. The van der Waals surface area contributed by atoms with E-state index in [1.165, 1.54) is 12.8 Å². The van der Waals surface area contributed by atoms with E-state index in [1.807, 2.05) is 24.9 Å². The predicted octanol–water partition coefficient (Wildman–Crippen LogP) is 2.26. The Balaban J connectivity index is 2.02. The molecular formula is C15H22N2O3. The molecule has 1 saturated carbocycles. The normalized spacial score (nSPS) is 14.3. The molecule has 0 aliphatic heterocycles. The quantitative estimate of drug-likeness (QED) is 0.775. The van der Waals surface area contributed by atoms with E-state index in [0.29, 0.717) is 24.5 Å². The third kappa shape index (κ3) is 3.70. The Bertz CT molecular complexity index is 498. The molecule has 0 atom stereocenters. The number of anilines is 1. The number of carboxylic acids is 1. The van der Waals surface area contributed by atoms with Crippen LogP contribution in [-0.2, 0) is 4.74 Å². The standard InChI is InChI=1S/C15H22N2O3/c1-10-8-13(14(15(18)19)11(2)16-10)17(3)6-7-20-9-12-4-5-12/h8,12H,4-7,9H2,1-3H3,(H,18,19). The molecule has 0 saturated heterocycles. The molecule has 20 heavy (non-hydrogen) atoms. The number of carboxylic acid groups (broad SMARTS) is 1. The molecule has 5 nitrogen and oxygen atoms in total. The molecule has 1 aliphatic rings. The van der Waals surface area contributed by atoms with Crippen LogP contribution in [0.1, 0.15) is 34.6 Å². The Morgan fingerprint density at radius 1 is 1.50 bits per heavy atom. The first-order chi connectivity index (χ1) is 9.49. The second-order valence-corrected chi connectivity index (χ2v) is 5.49. The zero-order valence-electron chi connectivity index (χ0n) is 12.3. The molecule has 0 amide bonds. The van der Waals surface area contributed by atoms with Gasteiger partial charge < -0.3 is 14.7 Å². The molecule has 0 radical (unpaired) electrons. The van der Waals surface area contributed by atoms with Crippen molar-refractivity contribution in [2.45, 2.75) is 26.7 Å². The van der Waals surface area contributed by atoms with Gasteiger partial charge in [-0.05, 0) is 38.7 Å². The van der Waals surface area contributed by atoms with E-state index >= 15 is 0 Å². The third-order valence-corrected chi connectivity index (χ3v) is 3.55. The van der Waals surface area contributed by atoms with Gasteiger partial charge in [-0.15, -0.1) is 0 Å². The molecule has 1 fully saturated rings. The third-order valence-electron chi connectivity index (χ3n) is 3.55. The molecule has 2 rings (SSSR count). The monoisotopic (exact) mass is 278 g/mol. The van der Waals surface area contributed by atoms with Crippen LogP contribution in [0.15, 0.2) is 6.07 Å². The fourth-order valence-electron chi connectivity index (χ4n) is 2.23. The lowest BCUT2D eigenvalue weighted by molar-refractivity contribution is 0.0696. The number of likely N-dealkylation sites (N-methyl/N-ethyl adjacent to an activating group) is 1. The van der Waals surface area contributed by atoms with Crippen LogP contribution in [0.5, 0.6) is 0 Å². The average Bonchev–Trinajstić information content (AvgIpc) is 3.16. The van der Waals surface area contributed by atoms with Crippen molar-refractivity contribution >= 4 is 11.7 Å². The van der Waals surface area contributed by atoms with Gasteiger partial charge in [-0.1, -0.05) is 0 Å². The van der Waals surface area contributed by atoms with Gasteiger partial charge in [0.15, 0.2) is 0 Å². The number of rotatable bonds is 7. The first kappa shape index (κ1) is 14.8. The van der Waals surface area contributed by atoms with E-state index in [2.05, 4.69) is 4.98 Å². The van der Waals surface area contributed by atoms with Crippen LogP contribution in [0.2, 0.25) is 0 Å². The van der Waals surface area contributed by atoms with Crippen molar-refractivity contribution in [1.82, 2.24) is 4.98 Å². The average molecular weight is 278 g/mol. The van der Waals surface area contributed by atoms with E-state index in [9.17, 15) is 9.90 Å². The van der Waals surface area contributed by atoms with Gasteiger partial charge >= 0.3 is 5.97 Å². The molecule has 110 valence electrons. The highest BCUT2D eigenvalue weighted by Gasteiger charge is 2.21. The van der Waals surface area contributed by atoms with Crippen LogP contribution in [0.4, 0.5) is 5.69 Å². The number of carbonyl (C=O) groups is 1. The number of aromatic nitrogens is 1. The summed E-state index contributed by atoms with van der Waals surface area (Å²) in [6.07, 6.45) is 2.56. The lowest BCUT2D eigenvalue weighted by Crippen LogP contribution is -2.25. The van der Waals surface area contributed by atoms with Crippen LogP contribution in [0.3, 0.4) is 0 Å². The zero-order chi connectivity index (χ0) is 14.7. The number of hydrogen-bond acceptors (Lipinski definition) is 4. The lowest BCUT2D eigenvalue weighted by atomic mass is 10.1. The molecule has 5 heteroatoms. The Labute approximate surface area is 119 Å². The van der Waals surface area contributed by atoms with E-state index in [-0.39, 0.29) is 5.56 Å². The van der Waals surface area contributed by atoms with Crippen LogP contribution in [-0.4, -0.2) is 42.9 Å². The summed E-state index contributed by atoms with van der Waals surface area (Å²) >= 11 is 0. The molecule has 1 heterocycles. The summed E-state index contributed by atoms with van der Waals surface area (Å²) in [5.74, 6) is -0.184. The molecule has 0 unspecified atom stereocenters. The molecule has 0 bridgehead atoms. The van der Waals surface area contributed by atoms with Crippen molar-refractivity contribution < 1.29 is 14.6 Å². The Kier molecular flexibility index (Phi) is 4.60. The second kappa shape index (κ2) is 6.22. The zero-order valence-corrected chi connectivity index (χ0v) is 12.3. The Morgan fingerprint density at radius 2 is 2.20 bits per heavy atom. The number of pyridine rings is 1. The summed E-state index contributed by atoms with van der Waals surface area (Å²) in [7, 11) is 1.89. The van der Waals surface area contributed by atoms with E-state index in [4.69, 9.17) is 4.74 Å². The van der Waals surface area contributed by atoms with Crippen LogP contribution in [0, 0.1) is 19.8 Å². The smallest absolute Gasteiger partial charge is 0.339 e. The topological polar surface area (TPSA) is 62.7 Å². The SMILES string of the molecule is Cc1cc(N(C)CCOCC2CC2)c(C(=O)O)c(C)n1. The van der Waals surface area contributed by atoms with Crippen LogP contribution >= 0.6 is 0 Å². The molecule has 1 aliphatic carbocycles. The van der Waals surface area contributed by atoms with Crippen molar-refractivity contribution in [3.63, 3.8) is 0 Å². The number of hydrogen-bond donors (Lipinski definition) is 1. The molecule has 1 N–H and O–H groups in total. The molecular weight excluding hydrogens is 256 g/mol. The number of aryl methyl sites for hydroxylation is 2. The van der Waals surface area contributed by atoms with E-state index in [0.717, 1.165) is 18.2 Å². The first-order valence-electron chi connectivity index (χ1n) is 6.99. The maximum absolute atomic E-state index is 11.4. The Morgan fingerprint density at radius 3 is 2.80 bits per heavy atom. The maximum Gasteiger partial charge on any atom is 0.339 e. The van der Waals surface area contributed by atoms with Gasteiger partial charge in [0.25, 0.3) is 0 Å². The van der Waals surface area contributed by atoms with Gasteiger partial charge in [-0.3, -0.25) is 4.98 Å². The summed E-state index contributed by atoms with van der Waals surface area (Å²) in [5, 5.41) is 9.34. The minimum Gasteiger partial charge on any atom is -0.478 e. The highest BCUT2D eigenvalue weighted by molar-refractivity contribution is 5.95. The summed E-state index contributed by atoms with van der Waals surface area (Å²) in [6.45, 7) is 5.73. The van der Waals surface area contributed by atoms with E-state index in [1.54, 1.807) is 6.92 Å². The van der Waals surface area contributed by atoms with Gasteiger partial charge in [0.05, 0.1) is 18.0 Å². The maximum atomic E-state index is 11.4. The number of ether oxygens (including phenoxy) is 1. The summed E-state index contributed by atoms with van der Waals surface area (Å²) in [6, 6.07) is 1.82. The van der Waals surface area contributed by atoms with Crippen LogP contribution < -0.4 is 4.90 Å². The molecule has 1 aromatic rings. The minimum atomic E-state index is -0.934. The summed E-state index contributed by atoms with van der Waals surface area (Å²) < 4.78 is 5.61. The fraction of sp³-hybridized carbons (Fsp3) is 0.600. The summed E-state index contributed by atoms with van der Waals surface area (Å²) in [4.78, 5) is 17.5. The fourth-order valence-corrected chi connectivity index (χ4v) is 2.23. The first-order valence-corrected chi connectivity index (χ1v) is 6.99. The second-order valence-electron chi connectivity index (χ2n) is 5.49. The van der Waals surface area contributed by atoms with Crippen LogP contribution in [0.25, 0.3) is 0 Å².